The molecule has 14 heteroatoms. The number of allylic oxidation sites excluding steroid dienone is 1. The largest absolute Gasteiger partial charge is 0.510 e. The van der Waals surface area contributed by atoms with Gasteiger partial charge in [-0.3, -0.25) is 24.2 Å². The lowest BCUT2D eigenvalue weighted by atomic mass is 9.58. The number of aliphatic hydroxyl groups excluding tert-OH is 2. The van der Waals surface area contributed by atoms with Crippen LogP contribution in [-0.4, -0.2) is 114 Å². The van der Waals surface area contributed by atoms with Crippen LogP contribution < -0.4 is 15.5 Å². The number of rotatable bonds is 7. The summed E-state index contributed by atoms with van der Waals surface area (Å²) < 4.78 is 14.4. The minimum absolute atomic E-state index is 0.0178. The number of amides is 1. The zero-order chi connectivity index (χ0) is 37.4. The molecule has 274 valence electrons. The maximum Gasteiger partial charge on any atom is 0.255 e. The van der Waals surface area contributed by atoms with Gasteiger partial charge in [-0.1, -0.05) is 12.1 Å². The number of hydrogen-bond donors (Lipinski definition) is 5. The topological polar surface area (TPSA) is 171 Å². The van der Waals surface area contributed by atoms with Crippen LogP contribution in [-0.2, 0) is 22.6 Å². The molecule has 4 aliphatic rings. The first-order valence-corrected chi connectivity index (χ1v) is 18.0. The van der Waals surface area contributed by atoms with Crippen molar-refractivity contribution in [1.82, 2.24) is 9.80 Å². The molecule has 3 aromatic rings. The summed E-state index contributed by atoms with van der Waals surface area (Å²) >= 11 is 1.48. The number of primary amides is 1. The highest BCUT2D eigenvalue weighted by molar-refractivity contribution is 7.15. The van der Waals surface area contributed by atoms with E-state index >= 15 is 0 Å². The van der Waals surface area contributed by atoms with E-state index in [1.54, 1.807) is 26.2 Å². The Hall–Kier alpha value is -4.76. The van der Waals surface area contributed by atoms with Crippen molar-refractivity contribution in [2.24, 2.45) is 17.6 Å². The number of fused-ring (bicyclic) bond motifs is 3. The van der Waals surface area contributed by atoms with Crippen LogP contribution in [0.1, 0.15) is 27.2 Å². The highest BCUT2D eigenvalue weighted by Gasteiger charge is 2.63. The van der Waals surface area contributed by atoms with Gasteiger partial charge in [0.1, 0.15) is 28.7 Å². The highest BCUT2D eigenvalue weighted by atomic mass is 32.1. The molecule has 2 aromatic carbocycles. The summed E-state index contributed by atoms with van der Waals surface area (Å²) in [7, 11) is 6.86. The molecule has 6 N–H and O–H groups in total. The number of likely N-dealkylation sites (N-methyl/N-ethyl adjacent to an activating group) is 1. The van der Waals surface area contributed by atoms with Crippen LogP contribution >= 0.6 is 11.3 Å². The quantitative estimate of drug-likeness (QED) is 0.226. The van der Waals surface area contributed by atoms with Crippen LogP contribution in [0.2, 0.25) is 0 Å². The predicted molar refractivity (Wildman–Crippen MR) is 195 cm³/mol. The summed E-state index contributed by atoms with van der Waals surface area (Å²) in [4.78, 5) is 49.9. The molecule has 4 unspecified atom stereocenters. The lowest BCUT2D eigenvalue weighted by Crippen LogP contribution is -2.63. The Kier molecular flexibility index (Phi) is 8.93. The van der Waals surface area contributed by atoms with Gasteiger partial charge < -0.3 is 36.0 Å². The smallest absolute Gasteiger partial charge is 0.255 e. The fraction of sp³-hybridized carbons (Fsp3) is 0.395. The molecule has 1 aliphatic heterocycles. The number of benzene rings is 2. The Morgan fingerprint density at radius 1 is 1.04 bits per heavy atom. The van der Waals surface area contributed by atoms with Gasteiger partial charge in [0, 0.05) is 79.3 Å². The van der Waals surface area contributed by atoms with Crippen molar-refractivity contribution in [3.8, 4) is 16.2 Å². The number of piperazine rings is 1. The number of halogens is 1. The van der Waals surface area contributed by atoms with Gasteiger partial charge >= 0.3 is 0 Å². The van der Waals surface area contributed by atoms with Gasteiger partial charge in [0.25, 0.3) is 5.91 Å². The van der Waals surface area contributed by atoms with E-state index in [4.69, 9.17) is 5.73 Å². The highest BCUT2D eigenvalue weighted by Crippen LogP contribution is 2.54. The number of aromatic hydroxyl groups is 1. The molecule has 1 aromatic heterocycles. The van der Waals surface area contributed by atoms with E-state index in [1.807, 2.05) is 48.2 Å². The normalized spacial score (nSPS) is 25.0. The van der Waals surface area contributed by atoms with Crippen LogP contribution in [0.5, 0.6) is 5.75 Å². The Morgan fingerprint density at radius 2 is 1.73 bits per heavy atom. The zero-order valence-electron chi connectivity index (χ0n) is 29.4. The molecular weight excluding hydrogens is 690 g/mol. The summed E-state index contributed by atoms with van der Waals surface area (Å²) in [6.45, 7) is 3.50. The number of carbonyl (C=O) groups is 3. The molecule has 1 amide bonds. The van der Waals surface area contributed by atoms with Gasteiger partial charge in [0.2, 0.25) is 5.78 Å². The third kappa shape index (κ3) is 5.47. The first-order valence-electron chi connectivity index (χ1n) is 17.2. The van der Waals surface area contributed by atoms with Crippen molar-refractivity contribution in [2.45, 2.75) is 31.0 Å². The number of phenols is 1. The van der Waals surface area contributed by atoms with Crippen molar-refractivity contribution in [3.05, 3.63) is 87.0 Å². The van der Waals surface area contributed by atoms with E-state index in [9.17, 15) is 39.2 Å². The zero-order valence-corrected chi connectivity index (χ0v) is 30.2. The molecule has 7 rings (SSSR count). The van der Waals surface area contributed by atoms with Crippen molar-refractivity contribution < 1.29 is 39.2 Å². The second-order valence-electron chi connectivity index (χ2n) is 14.5. The number of nitrogens with two attached hydrogens (primary N) is 1. The van der Waals surface area contributed by atoms with Crippen LogP contribution in [0, 0.1) is 17.7 Å². The Labute approximate surface area is 304 Å². The number of nitrogens with zero attached hydrogens (tertiary/aromatic N) is 4. The third-order valence-electron chi connectivity index (χ3n) is 11.1. The van der Waals surface area contributed by atoms with Gasteiger partial charge in [-0.15, -0.1) is 11.3 Å². The van der Waals surface area contributed by atoms with Crippen LogP contribution in [0.4, 0.5) is 15.8 Å². The molecule has 3 aliphatic carbocycles. The molecule has 1 saturated heterocycles. The first-order chi connectivity index (χ1) is 24.6. The van der Waals surface area contributed by atoms with Crippen LogP contribution in [0.15, 0.2) is 65.1 Å². The Bertz CT molecular complexity index is 2070. The van der Waals surface area contributed by atoms with E-state index in [0.717, 1.165) is 22.8 Å². The van der Waals surface area contributed by atoms with Crippen molar-refractivity contribution >= 4 is 40.2 Å². The molecular formula is C38H42FN5O7S. The van der Waals surface area contributed by atoms with Crippen LogP contribution in [0.25, 0.3) is 10.4 Å². The monoisotopic (exact) mass is 731 g/mol. The maximum atomic E-state index is 14.5. The summed E-state index contributed by atoms with van der Waals surface area (Å²) in [5.74, 6) is -7.03. The summed E-state index contributed by atoms with van der Waals surface area (Å²) in [6, 6.07) is 11.4. The lowest BCUT2D eigenvalue weighted by Gasteiger charge is -2.50. The fourth-order valence-electron chi connectivity index (χ4n) is 8.57. The van der Waals surface area contributed by atoms with Gasteiger partial charge in [-0.2, -0.15) is 0 Å². The molecule has 1 fully saturated rings. The number of ketones is 2. The van der Waals surface area contributed by atoms with E-state index in [-0.39, 0.29) is 35.5 Å². The number of aliphatic hydroxyl groups is 3. The molecule has 2 heterocycles. The summed E-state index contributed by atoms with van der Waals surface area (Å²) in [5.41, 5.74) is 3.97. The molecule has 4 atom stereocenters. The average molecular weight is 732 g/mol. The van der Waals surface area contributed by atoms with Crippen molar-refractivity contribution in [2.75, 3.05) is 64.2 Å². The number of anilines is 2. The number of Topliss-reactive ketones (excluding diaryl/α,β-unsaturated/α-hetero) is 2. The minimum Gasteiger partial charge on any atom is -0.510 e. The van der Waals surface area contributed by atoms with Gasteiger partial charge in [-0.25, -0.2) is 4.39 Å². The fourth-order valence-corrected chi connectivity index (χ4v) is 9.64. The molecule has 0 spiro atoms. The van der Waals surface area contributed by atoms with Gasteiger partial charge in [0.05, 0.1) is 17.3 Å². The number of para-hydroxylation sites is 1. The van der Waals surface area contributed by atoms with Gasteiger partial charge in [-0.05, 0) is 68.8 Å². The Morgan fingerprint density at radius 3 is 2.37 bits per heavy atom. The minimum atomic E-state index is -2.70. The standard InChI is InChI=1S/C38H42FN5O7S/c1-41(2)26-17-22(27-10-9-20(52-27)18-43-11-13-44(14-12-43)25-8-6-5-7-24(25)39)32(45)29-21(26)15-19-16-23-31(42(3)4)34(47)30(37(40)50)36(49)38(23,51)35(48)28(19)33(29)46/h5-10,17,19,23,31,45,47-48,51H,11-16,18H2,1-4H3,(H2,40,50). The molecule has 0 bridgehead atoms. The second-order valence-corrected chi connectivity index (χ2v) is 15.7. The molecule has 0 saturated carbocycles. The predicted octanol–water partition coefficient (Wildman–Crippen LogP) is 3.38. The first kappa shape index (κ1) is 35.6. The van der Waals surface area contributed by atoms with Crippen molar-refractivity contribution in [3.63, 3.8) is 0 Å². The Balaban J connectivity index is 1.22. The number of phenolic OH excluding ortho intramolecular Hbond substituents is 1. The molecule has 0 radical (unpaired) electrons. The van der Waals surface area contributed by atoms with Crippen LogP contribution in [0.3, 0.4) is 0 Å². The molecule has 52 heavy (non-hydrogen) atoms. The second kappa shape index (κ2) is 13.0. The summed E-state index contributed by atoms with van der Waals surface area (Å²) in [6.07, 6.45) is 0.217. The van der Waals surface area contributed by atoms with Gasteiger partial charge in [0.15, 0.2) is 11.4 Å². The summed E-state index contributed by atoms with van der Waals surface area (Å²) in [5, 5.41) is 46.5. The van der Waals surface area contributed by atoms with E-state index in [0.29, 0.717) is 42.1 Å². The maximum absolute atomic E-state index is 14.5. The molecule has 12 nitrogen and oxygen atoms in total. The van der Waals surface area contributed by atoms with Crippen molar-refractivity contribution in [1.29, 1.82) is 0 Å². The lowest BCUT2D eigenvalue weighted by molar-refractivity contribution is -0.148. The SMILES string of the molecule is CN(C)c1cc(-c2ccc(CN3CCN(c4ccccc4F)CC3)s2)c(O)c2c1CC1CC3C(N(C)C)C(O)=C(C(N)=O)C(=O)C3(O)C(O)=C1C2=O. The average Bonchev–Trinajstić information content (AvgIpc) is 3.54. The van der Waals surface area contributed by atoms with E-state index in [1.165, 1.54) is 22.3 Å². The van der Waals surface area contributed by atoms with E-state index < -0.39 is 58.0 Å². The third-order valence-corrected chi connectivity index (χ3v) is 12.2. The van der Waals surface area contributed by atoms with E-state index in [2.05, 4.69) is 4.90 Å². The number of carbonyl (C=O) groups excluding carboxylic acids is 3. The number of thiophene rings is 1. The number of hydrogen-bond acceptors (Lipinski definition) is 12.